The topological polar surface area (TPSA) is 70.1 Å². The Morgan fingerprint density at radius 3 is 2.70 bits per heavy atom. The zero-order valence-corrected chi connectivity index (χ0v) is 14.9. The molecule has 132 valence electrons. The molecule has 0 bridgehead atoms. The standard InChI is InChI=1S/C21H15ClN4O/c22-17-10-4-9-16-18(15-7-2-1-3-8-15)20(25-19(16)17)21(27)26-24-13-14-6-5-11-23-12-14/h1-13,25H,(H,26,27). The number of aromatic amines is 1. The van der Waals surface area contributed by atoms with Gasteiger partial charge in [0.2, 0.25) is 0 Å². The molecule has 0 fully saturated rings. The first kappa shape index (κ1) is 17.0. The average molecular weight is 375 g/mol. The third kappa shape index (κ3) is 3.45. The lowest BCUT2D eigenvalue weighted by atomic mass is 10.0. The van der Waals surface area contributed by atoms with Crippen LogP contribution < -0.4 is 5.43 Å². The van der Waals surface area contributed by atoms with Crippen molar-refractivity contribution in [2.24, 2.45) is 5.10 Å². The van der Waals surface area contributed by atoms with Crippen LogP contribution in [0.1, 0.15) is 16.1 Å². The lowest BCUT2D eigenvalue weighted by Crippen LogP contribution is -2.18. The summed E-state index contributed by atoms with van der Waals surface area (Å²) in [6.45, 7) is 0. The highest BCUT2D eigenvalue weighted by molar-refractivity contribution is 6.36. The number of carbonyl (C=O) groups is 1. The van der Waals surface area contributed by atoms with E-state index in [-0.39, 0.29) is 5.91 Å². The quantitative estimate of drug-likeness (QED) is 0.403. The van der Waals surface area contributed by atoms with Gasteiger partial charge in [-0.15, -0.1) is 0 Å². The third-order valence-electron chi connectivity index (χ3n) is 4.14. The molecule has 0 atom stereocenters. The predicted octanol–water partition coefficient (Wildman–Crippen LogP) is 4.65. The van der Waals surface area contributed by atoms with Gasteiger partial charge in [0, 0.05) is 28.9 Å². The maximum Gasteiger partial charge on any atom is 0.288 e. The van der Waals surface area contributed by atoms with E-state index in [4.69, 9.17) is 11.6 Å². The van der Waals surface area contributed by atoms with Crippen LogP contribution in [-0.4, -0.2) is 22.1 Å². The van der Waals surface area contributed by atoms with Crippen LogP contribution in [0.15, 0.2) is 78.2 Å². The molecule has 1 amide bonds. The van der Waals surface area contributed by atoms with Crippen LogP contribution in [0, 0.1) is 0 Å². The monoisotopic (exact) mass is 374 g/mol. The van der Waals surface area contributed by atoms with Gasteiger partial charge >= 0.3 is 0 Å². The SMILES string of the molecule is O=C(NN=Cc1cccnc1)c1[nH]c2c(Cl)cccc2c1-c1ccccc1. The van der Waals surface area contributed by atoms with Gasteiger partial charge in [0.1, 0.15) is 5.69 Å². The number of H-pyrrole nitrogens is 1. The first-order valence-electron chi connectivity index (χ1n) is 8.33. The fourth-order valence-corrected chi connectivity index (χ4v) is 3.15. The summed E-state index contributed by atoms with van der Waals surface area (Å²) in [6, 6.07) is 19.0. The van der Waals surface area contributed by atoms with Gasteiger partial charge in [0.05, 0.1) is 16.8 Å². The fourth-order valence-electron chi connectivity index (χ4n) is 2.93. The van der Waals surface area contributed by atoms with Crippen molar-refractivity contribution in [1.29, 1.82) is 0 Å². The Morgan fingerprint density at radius 1 is 1.07 bits per heavy atom. The highest BCUT2D eigenvalue weighted by Gasteiger charge is 2.20. The molecule has 0 aliphatic heterocycles. The van der Waals surface area contributed by atoms with E-state index in [0.717, 1.165) is 27.6 Å². The molecule has 5 nitrogen and oxygen atoms in total. The maximum atomic E-state index is 12.8. The number of aromatic nitrogens is 2. The summed E-state index contributed by atoms with van der Waals surface area (Å²) in [6.07, 6.45) is 4.88. The van der Waals surface area contributed by atoms with Gasteiger partial charge < -0.3 is 4.98 Å². The number of para-hydroxylation sites is 1. The number of halogens is 1. The summed E-state index contributed by atoms with van der Waals surface area (Å²) in [5.41, 5.74) is 6.21. The summed E-state index contributed by atoms with van der Waals surface area (Å²) in [7, 11) is 0. The first-order chi connectivity index (χ1) is 13.2. The van der Waals surface area contributed by atoms with Crippen molar-refractivity contribution in [3.63, 3.8) is 0 Å². The average Bonchev–Trinajstić information content (AvgIpc) is 3.10. The van der Waals surface area contributed by atoms with E-state index in [0.29, 0.717) is 10.7 Å². The van der Waals surface area contributed by atoms with E-state index in [2.05, 4.69) is 20.5 Å². The molecule has 0 unspecified atom stereocenters. The van der Waals surface area contributed by atoms with E-state index in [1.165, 1.54) is 0 Å². The van der Waals surface area contributed by atoms with Gasteiger partial charge in [-0.3, -0.25) is 9.78 Å². The molecule has 0 aliphatic carbocycles. The number of hydrogen-bond acceptors (Lipinski definition) is 3. The Hall–Kier alpha value is -3.44. The van der Waals surface area contributed by atoms with Crippen LogP contribution in [-0.2, 0) is 0 Å². The third-order valence-corrected chi connectivity index (χ3v) is 4.45. The minimum absolute atomic E-state index is 0.346. The van der Waals surface area contributed by atoms with Crippen LogP contribution >= 0.6 is 11.6 Å². The Balaban J connectivity index is 1.73. The second-order valence-electron chi connectivity index (χ2n) is 5.89. The number of nitrogens with zero attached hydrogens (tertiary/aromatic N) is 2. The van der Waals surface area contributed by atoms with Crippen molar-refractivity contribution in [1.82, 2.24) is 15.4 Å². The van der Waals surface area contributed by atoms with Gasteiger partial charge in [-0.1, -0.05) is 60.1 Å². The Bertz CT molecular complexity index is 1120. The van der Waals surface area contributed by atoms with Crippen molar-refractivity contribution in [2.75, 3.05) is 0 Å². The molecule has 0 spiro atoms. The Kier molecular flexibility index (Phi) is 4.68. The maximum absolute atomic E-state index is 12.8. The lowest BCUT2D eigenvalue weighted by molar-refractivity contribution is 0.0951. The number of nitrogens with one attached hydrogen (secondary N) is 2. The van der Waals surface area contributed by atoms with Crippen LogP contribution in [0.25, 0.3) is 22.0 Å². The molecule has 0 saturated carbocycles. The highest BCUT2D eigenvalue weighted by atomic mass is 35.5. The molecule has 2 N–H and O–H groups in total. The molecule has 0 aliphatic rings. The summed E-state index contributed by atoms with van der Waals surface area (Å²) in [4.78, 5) is 20.0. The summed E-state index contributed by atoms with van der Waals surface area (Å²) < 4.78 is 0. The van der Waals surface area contributed by atoms with E-state index >= 15 is 0 Å². The Morgan fingerprint density at radius 2 is 1.93 bits per heavy atom. The summed E-state index contributed by atoms with van der Waals surface area (Å²) >= 11 is 6.32. The van der Waals surface area contributed by atoms with Crippen molar-refractivity contribution >= 4 is 34.6 Å². The minimum atomic E-state index is -0.346. The van der Waals surface area contributed by atoms with E-state index in [1.54, 1.807) is 30.7 Å². The number of hydrazone groups is 1. The van der Waals surface area contributed by atoms with Gasteiger partial charge in [-0.05, 0) is 17.7 Å². The van der Waals surface area contributed by atoms with E-state index < -0.39 is 0 Å². The molecule has 2 heterocycles. The molecule has 2 aromatic carbocycles. The smallest absolute Gasteiger partial charge is 0.288 e. The first-order valence-corrected chi connectivity index (χ1v) is 8.71. The van der Waals surface area contributed by atoms with Crippen LogP contribution in [0.3, 0.4) is 0 Å². The summed E-state index contributed by atoms with van der Waals surface area (Å²) in [5, 5.41) is 5.47. The second-order valence-corrected chi connectivity index (χ2v) is 6.30. The van der Waals surface area contributed by atoms with Crippen molar-refractivity contribution in [2.45, 2.75) is 0 Å². The second kappa shape index (κ2) is 7.43. The fraction of sp³-hybridized carbons (Fsp3) is 0. The number of pyridine rings is 1. The molecule has 6 heteroatoms. The number of fused-ring (bicyclic) bond motifs is 1. The van der Waals surface area contributed by atoms with Gasteiger partial charge in [0.15, 0.2) is 0 Å². The van der Waals surface area contributed by atoms with E-state index in [1.807, 2.05) is 48.5 Å². The lowest BCUT2D eigenvalue weighted by Gasteiger charge is -2.04. The summed E-state index contributed by atoms with van der Waals surface area (Å²) in [5.74, 6) is -0.346. The minimum Gasteiger partial charge on any atom is -0.349 e. The van der Waals surface area contributed by atoms with E-state index in [9.17, 15) is 4.79 Å². The molecular weight excluding hydrogens is 360 g/mol. The van der Waals surface area contributed by atoms with Gasteiger partial charge in [-0.2, -0.15) is 5.10 Å². The van der Waals surface area contributed by atoms with Crippen molar-refractivity contribution in [3.05, 3.63) is 89.3 Å². The highest BCUT2D eigenvalue weighted by Crippen LogP contribution is 2.35. The molecule has 2 aromatic heterocycles. The van der Waals surface area contributed by atoms with Crippen molar-refractivity contribution < 1.29 is 4.79 Å². The van der Waals surface area contributed by atoms with Crippen LogP contribution in [0.5, 0.6) is 0 Å². The number of benzene rings is 2. The van der Waals surface area contributed by atoms with Gasteiger partial charge in [0.25, 0.3) is 5.91 Å². The molecule has 4 rings (SSSR count). The molecule has 27 heavy (non-hydrogen) atoms. The molecule has 0 radical (unpaired) electrons. The van der Waals surface area contributed by atoms with Crippen LogP contribution in [0.2, 0.25) is 5.02 Å². The predicted molar refractivity (Wildman–Crippen MR) is 108 cm³/mol. The number of carbonyl (C=O) groups excluding carboxylic acids is 1. The van der Waals surface area contributed by atoms with Crippen molar-refractivity contribution in [3.8, 4) is 11.1 Å². The Labute approximate surface area is 160 Å². The number of rotatable bonds is 4. The molecule has 4 aromatic rings. The normalized spacial score (nSPS) is 11.1. The molecule has 0 saturated heterocycles. The van der Waals surface area contributed by atoms with Crippen LogP contribution in [0.4, 0.5) is 0 Å². The largest absolute Gasteiger partial charge is 0.349 e. The number of hydrogen-bond donors (Lipinski definition) is 2. The number of amides is 1. The molecular formula is C21H15ClN4O. The zero-order valence-electron chi connectivity index (χ0n) is 14.2. The van der Waals surface area contributed by atoms with Gasteiger partial charge in [-0.25, -0.2) is 5.43 Å². The zero-order chi connectivity index (χ0) is 18.6.